The lowest BCUT2D eigenvalue weighted by Crippen LogP contribution is -2.30. The summed E-state index contributed by atoms with van der Waals surface area (Å²) in [6.07, 6.45) is 3.63. The van der Waals surface area contributed by atoms with Gasteiger partial charge in [-0.05, 0) is 64.3 Å². The lowest BCUT2D eigenvalue weighted by Gasteiger charge is -2.13. The molecule has 1 aromatic rings. The van der Waals surface area contributed by atoms with E-state index in [4.69, 9.17) is 14.2 Å². The normalized spacial score (nSPS) is 17.5. The van der Waals surface area contributed by atoms with Gasteiger partial charge in [0.2, 0.25) is 0 Å². The number of guanidine groups is 1. The first kappa shape index (κ1) is 20.5. The number of ether oxygens (including phenoxy) is 3. The zero-order valence-corrected chi connectivity index (χ0v) is 16.3. The van der Waals surface area contributed by atoms with Gasteiger partial charge in [-0.3, -0.25) is 4.99 Å². The number of hydrogen-bond donors (Lipinski definition) is 2. The third kappa shape index (κ3) is 8.06. The van der Waals surface area contributed by atoms with E-state index in [1.54, 1.807) is 0 Å². The van der Waals surface area contributed by atoms with Crippen LogP contribution in [-0.4, -0.2) is 51.1 Å². The van der Waals surface area contributed by atoms with Gasteiger partial charge >= 0.3 is 0 Å². The number of hydrogen-bond acceptors (Lipinski definition) is 4. The van der Waals surface area contributed by atoms with E-state index in [-0.39, 0.29) is 6.10 Å². The molecule has 26 heavy (non-hydrogen) atoms. The van der Waals surface area contributed by atoms with E-state index in [1.165, 1.54) is 0 Å². The Hall–Kier alpha value is -1.79. The van der Waals surface area contributed by atoms with E-state index in [0.717, 1.165) is 56.4 Å². The summed E-state index contributed by atoms with van der Waals surface area (Å²) in [6.45, 7) is 9.92. The Morgan fingerprint density at radius 2 is 2.12 bits per heavy atom. The van der Waals surface area contributed by atoms with Crippen LogP contribution in [0.5, 0.6) is 5.75 Å². The first-order valence-corrected chi connectivity index (χ1v) is 9.68. The fourth-order valence-electron chi connectivity index (χ4n) is 2.68. The van der Waals surface area contributed by atoms with Crippen molar-refractivity contribution in [3.05, 3.63) is 24.3 Å². The molecule has 146 valence electrons. The van der Waals surface area contributed by atoms with Gasteiger partial charge in [0.1, 0.15) is 5.75 Å². The van der Waals surface area contributed by atoms with Gasteiger partial charge in [0, 0.05) is 32.0 Å². The van der Waals surface area contributed by atoms with E-state index in [9.17, 15) is 0 Å². The van der Waals surface area contributed by atoms with Crippen molar-refractivity contribution in [1.29, 1.82) is 0 Å². The van der Waals surface area contributed by atoms with Crippen molar-refractivity contribution in [2.24, 2.45) is 4.99 Å². The summed E-state index contributed by atoms with van der Waals surface area (Å²) in [6, 6.07) is 7.92. The van der Waals surface area contributed by atoms with Crippen LogP contribution in [0.3, 0.4) is 0 Å². The minimum absolute atomic E-state index is 0.176. The predicted molar refractivity (Wildman–Crippen MR) is 106 cm³/mol. The second-order valence-electron chi connectivity index (χ2n) is 6.64. The molecular formula is C20H33N3O3. The van der Waals surface area contributed by atoms with Gasteiger partial charge in [0.25, 0.3) is 0 Å². The van der Waals surface area contributed by atoms with Crippen molar-refractivity contribution in [3.63, 3.8) is 0 Å². The van der Waals surface area contributed by atoms with Crippen LogP contribution in [0.25, 0.3) is 0 Å². The van der Waals surface area contributed by atoms with Crippen molar-refractivity contribution >= 4 is 11.6 Å². The summed E-state index contributed by atoms with van der Waals surface area (Å²) < 4.78 is 16.9. The Morgan fingerprint density at radius 1 is 1.31 bits per heavy atom. The molecule has 0 spiro atoms. The third-order valence-corrected chi connectivity index (χ3v) is 3.88. The third-order valence-electron chi connectivity index (χ3n) is 3.88. The van der Waals surface area contributed by atoms with Crippen molar-refractivity contribution in [2.45, 2.75) is 52.2 Å². The maximum Gasteiger partial charge on any atom is 0.195 e. The van der Waals surface area contributed by atoms with Crippen LogP contribution in [0, 0.1) is 0 Å². The summed E-state index contributed by atoms with van der Waals surface area (Å²) in [7, 11) is 0. The van der Waals surface area contributed by atoms with Crippen LogP contribution in [0.1, 0.15) is 40.0 Å². The first-order valence-electron chi connectivity index (χ1n) is 9.68. The molecule has 2 rings (SSSR count). The van der Waals surface area contributed by atoms with Gasteiger partial charge in [0.15, 0.2) is 5.96 Å². The van der Waals surface area contributed by atoms with Gasteiger partial charge < -0.3 is 24.8 Å². The molecule has 6 nitrogen and oxygen atoms in total. The Kier molecular flexibility index (Phi) is 9.28. The lowest BCUT2D eigenvalue weighted by atomic mass is 10.2. The molecule has 0 bridgehead atoms. The van der Waals surface area contributed by atoms with Crippen LogP contribution in [0.2, 0.25) is 0 Å². The molecule has 6 heteroatoms. The topological polar surface area (TPSA) is 64.1 Å². The average Bonchev–Trinajstić information content (AvgIpc) is 3.12. The standard InChI is InChI=1S/C20H33N3O3/c1-4-21-20(22-12-6-13-24-15-19-7-5-14-25-19)23-17-8-10-18(11-9-17)26-16(2)3/h8-11,16,19H,4-7,12-15H2,1-3H3,(H2,21,22,23). The Bertz CT molecular complexity index is 526. The number of rotatable bonds is 10. The van der Waals surface area contributed by atoms with Crippen LogP contribution in [0.4, 0.5) is 5.69 Å². The summed E-state index contributed by atoms with van der Waals surface area (Å²) >= 11 is 0. The molecule has 1 saturated heterocycles. The molecule has 0 amide bonds. The first-order chi connectivity index (χ1) is 12.7. The van der Waals surface area contributed by atoms with Gasteiger partial charge in [0.05, 0.1) is 18.8 Å². The highest BCUT2D eigenvalue weighted by Crippen LogP contribution is 2.17. The quantitative estimate of drug-likeness (QED) is 0.379. The van der Waals surface area contributed by atoms with E-state index in [1.807, 2.05) is 38.1 Å². The van der Waals surface area contributed by atoms with E-state index in [2.05, 4.69) is 22.5 Å². The smallest absolute Gasteiger partial charge is 0.195 e. The SMILES string of the molecule is CCNC(=NCCCOCC1CCCO1)Nc1ccc(OC(C)C)cc1. The average molecular weight is 364 g/mol. The molecule has 1 unspecified atom stereocenters. The number of nitrogens with zero attached hydrogens (tertiary/aromatic N) is 1. The highest BCUT2D eigenvalue weighted by Gasteiger charge is 2.14. The van der Waals surface area contributed by atoms with Gasteiger partial charge in [-0.1, -0.05) is 0 Å². The number of nitrogens with one attached hydrogen (secondary N) is 2. The fraction of sp³-hybridized carbons (Fsp3) is 0.650. The largest absolute Gasteiger partial charge is 0.491 e. The van der Waals surface area contributed by atoms with Crippen molar-refractivity contribution in [2.75, 3.05) is 38.2 Å². The molecule has 0 aromatic heterocycles. The molecule has 0 saturated carbocycles. The molecule has 1 aliphatic heterocycles. The molecule has 2 N–H and O–H groups in total. The van der Waals surface area contributed by atoms with Crippen LogP contribution in [0.15, 0.2) is 29.3 Å². The Labute approximate surface area is 157 Å². The number of benzene rings is 1. The minimum atomic E-state index is 0.176. The summed E-state index contributed by atoms with van der Waals surface area (Å²) in [4.78, 5) is 4.60. The van der Waals surface area contributed by atoms with Gasteiger partial charge in [-0.2, -0.15) is 0 Å². The zero-order chi connectivity index (χ0) is 18.6. The van der Waals surface area contributed by atoms with Gasteiger partial charge in [-0.25, -0.2) is 0 Å². The molecule has 1 heterocycles. The Balaban J connectivity index is 1.71. The molecule has 1 fully saturated rings. The molecule has 1 aromatic carbocycles. The molecule has 1 aliphatic rings. The fourth-order valence-corrected chi connectivity index (χ4v) is 2.68. The summed E-state index contributed by atoms with van der Waals surface area (Å²) in [5, 5.41) is 6.58. The maximum absolute atomic E-state index is 5.67. The minimum Gasteiger partial charge on any atom is -0.491 e. The summed E-state index contributed by atoms with van der Waals surface area (Å²) in [5.41, 5.74) is 0.982. The maximum atomic E-state index is 5.67. The highest BCUT2D eigenvalue weighted by molar-refractivity contribution is 5.93. The molecule has 0 aliphatic carbocycles. The predicted octanol–water partition coefficient (Wildman–Crippen LogP) is 3.44. The van der Waals surface area contributed by atoms with Crippen LogP contribution in [-0.2, 0) is 9.47 Å². The summed E-state index contributed by atoms with van der Waals surface area (Å²) in [5.74, 6) is 1.65. The highest BCUT2D eigenvalue weighted by atomic mass is 16.5. The van der Waals surface area contributed by atoms with Crippen molar-refractivity contribution in [3.8, 4) is 5.75 Å². The number of anilines is 1. The molecule has 1 atom stereocenters. The van der Waals surface area contributed by atoms with Crippen molar-refractivity contribution in [1.82, 2.24) is 5.32 Å². The van der Waals surface area contributed by atoms with E-state index >= 15 is 0 Å². The number of aliphatic imine (C=N–C) groups is 1. The van der Waals surface area contributed by atoms with Crippen molar-refractivity contribution < 1.29 is 14.2 Å². The Morgan fingerprint density at radius 3 is 2.77 bits per heavy atom. The van der Waals surface area contributed by atoms with Crippen LogP contribution < -0.4 is 15.4 Å². The molecular weight excluding hydrogens is 330 g/mol. The van der Waals surface area contributed by atoms with E-state index < -0.39 is 0 Å². The molecule has 0 radical (unpaired) electrons. The zero-order valence-electron chi connectivity index (χ0n) is 16.3. The second kappa shape index (κ2) is 11.8. The second-order valence-corrected chi connectivity index (χ2v) is 6.64. The van der Waals surface area contributed by atoms with Crippen LogP contribution >= 0.6 is 0 Å². The lowest BCUT2D eigenvalue weighted by molar-refractivity contribution is 0.0171. The van der Waals surface area contributed by atoms with E-state index in [0.29, 0.717) is 19.3 Å². The van der Waals surface area contributed by atoms with Gasteiger partial charge in [-0.15, -0.1) is 0 Å². The monoisotopic (exact) mass is 363 g/mol.